The summed E-state index contributed by atoms with van der Waals surface area (Å²) in [4.78, 5) is 22.8. The zero-order chi connectivity index (χ0) is 14.5. The van der Waals surface area contributed by atoms with Gasteiger partial charge >= 0.3 is 0 Å². The van der Waals surface area contributed by atoms with E-state index in [1.807, 2.05) is 0 Å². The van der Waals surface area contributed by atoms with Crippen LogP contribution in [0.1, 0.15) is 26.3 Å². The number of ketones is 1. The summed E-state index contributed by atoms with van der Waals surface area (Å²) in [6.07, 6.45) is 2.98. The Morgan fingerprint density at radius 3 is 2.25 bits per heavy atom. The molecule has 3 N–H and O–H groups in total. The standard InChI is InChI=1S/C16H13NO3/c17-16(20)12-8-5-11(6-9-12)7-10-15(19)13-3-1-2-4-14(13)18/h1-10,18H,(H2,17,20). The van der Waals surface area contributed by atoms with Crippen LogP contribution in [0.15, 0.2) is 54.6 Å². The monoisotopic (exact) mass is 267 g/mol. The summed E-state index contributed by atoms with van der Waals surface area (Å²) in [6, 6.07) is 12.9. The van der Waals surface area contributed by atoms with Gasteiger partial charge < -0.3 is 10.8 Å². The molecule has 0 bridgehead atoms. The maximum Gasteiger partial charge on any atom is 0.248 e. The molecule has 0 radical (unpaired) electrons. The minimum atomic E-state index is -0.495. The quantitative estimate of drug-likeness (QED) is 0.659. The van der Waals surface area contributed by atoms with Crippen molar-refractivity contribution in [1.29, 1.82) is 0 Å². The van der Waals surface area contributed by atoms with Gasteiger partial charge in [-0.25, -0.2) is 0 Å². The minimum Gasteiger partial charge on any atom is -0.507 e. The molecule has 1 amide bonds. The molecule has 4 nitrogen and oxygen atoms in total. The SMILES string of the molecule is NC(=O)c1ccc(C=CC(=O)c2ccccc2O)cc1. The van der Waals surface area contributed by atoms with Crippen LogP contribution in [0.2, 0.25) is 0 Å². The second-order valence-corrected chi connectivity index (χ2v) is 4.20. The Balaban J connectivity index is 2.15. The lowest BCUT2D eigenvalue weighted by atomic mass is 10.1. The number of carbonyl (C=O) groups excluding carboxylic acids is 2. The van der Waals surface area contributed by atoms with Crippen LogP contribution in [0.4, 0.5) is 0 Å². The van der Waals surface area contributed by atoms with E-state index in [1.54, 1.807) is 48.5 Å². The molecule has 4 heteroatoms. The second-order valence-electron chi connectivity index (χ2n) is 4.20. The van der Waals surface area contributed by atoms with E-state index in [9.17, 15) is 14.7 Å². The topological polar surface area (TPSA) is 80.4 Å². The molecule has 2 aromatic rings. The second kappa shape index (κ2) is 5.84. The Morgan fingerprint density at radius 2 is 1.65 bits per heavy atom. The normalized spacial score (nSPS) is 10.6. The first kappa shape index (κ1) is 13.5. The van der Waals surface area contributed by atoms with Gasteiger partial charge in [-0.2, -0.15) is 0 Å². The number of hydrogen-bond donors (Lipinski definition) is 2. The van der Waals surface area contributed by atoms with Crippen molar-refractivity contribution in [2.24, 2.45) is 5.73 Å². The average Bonchev–Trinajstić information content (AvgIpc) is 2.45. The molecule has 0 aliphatic carbocycles. The molecule has 0 fully saturated rings. The van der Waals surface area contributed by atoms with Crippen molar-refractivity contribution in [2.75, 3.05) is 0 Å². The molecule has 0 aliphatic rings. The number of carbonyl (C=O) groups is 2. The van der Waals surface area contributed by atoms with Crippen molar-refractivity contribution in [1.82, 2.24) is 0 Å². The van der Waals surface area contributed by atoms with Gasteiger partial charge in [0.1, 0.15) is 5.75 Å². The summed E-state index contributed by atoms with van der Waals surface area (Å²) >= 11 is 0. The third kappa shape index (κ3) is 3.11. The summed E-state index contributed by atoms with van der Waals surface area (Å²) in [5.74, 6) is -0.834. The van der Waals surface area contributed by atoms with E-state index in [-0.39, 0.29) is 17.1 Å². The van der Waals surface area contributed by atoms with Crippen LogP contribution in [0.25, 0.3) is 6.08 Å². The van der Waals surface area contributed by atoms with Gasteiger partial charge in [0.05, 0.1) is 5.56 Å². The highest BCUT2D eigenvalue weighted by atomic mass is 16.3. The van der Waals surface area contributed by atoms with Crippen molar-refractivity contribution in [3.63, 3.8) is 0 Å². The minimum absolute atomic E-state index is 0.0498. The van der Waals surface area contributed by atoms with Gasteiger partial charge in [0.15, 0.2) is 5.78 Å². The number of nitrogens with two attached hydrogens (primary N) is 1. The molecule has 2 aromatic carbocycles. The van der Waals surface area contributed by atoms with Crippen molar-refractivity contribution >= 4 is 17.8 Å². The first-order valence-electron chi connectivity index (χ1n) is 5.98. The summed E-state index contributed by atoms with van der Waals surface area (Å²) in [7, 11) is 0. The van der Waals surface area contributed by atoms with E-state index < -0.39 is 5.91 Å². The zero-order valence-corrected chi connectivity index (χ0v) is 10.6. The Kier molecular flexibility index (Phi) is 3.96. The van der Waals surface area contributed by atoms with Crippen LogP contribution < -0.4 is 5.73 Å². The van der Waals surface area contributed by atoms with Gasteiger partial charge in [-0.15, -0.1) is 0 Å². The first-order valence-corrected chi connectivity index (χ1v) is 5.98. The fourth-order valence-corrected chi connectivity index (χ4v) is 1.70. The number of para-hydroxylation sites is 1. The molecule has 100 valence electrons. The highest BCUT2D eigenvalue weighted by Gasteiger charge is 2.06. The van der Waals surface area contributed by atoms with Crippen molar-refractivity contribution in [3.05, 3.63) is 71.3 Å². The Bertz CT molecular complexity index is 672. The molecule has 0 saturated carbocycles. The van der Waals surface area contributed by atoms with Gasteiger partial charge in [0.2, 0.25) is 5.91 Å². The van der Waals surface area contributed by atoms with Crippen LogP contribution in [0.3, 0.4) is 0 Å². The van der Waals surface area contributed by atoms with Crippen LogP contribution in [0, 0.1) is 0 Å². The Labute approximate surface area is 116 Å². The molecule has 0 saturated heterocycles. The largest absolute Gasteiger partial charge is 0.507 e. The van der Waals surface area contributed by atoms with E-state index in [0.29, 0.717) is 5.56 Å². The fourth-order valence-electron chi connectivity index (χ4n) is 1.70. The van der Waals surface area contributed by atoms with E-state index in [4.69, 9.17) is 5.73 Å². The molecule has 0 unspecified atom stereocenters. The lowest BCUT2D eigenvalue weighted by Gasteiger charge is -1.99. The van der Waals surface area contributed by atoms with Crippen molar-refractivity contribution in [2.45, 2.75) is 0 Å². The molecule has 0 spiro atoms. The number of benzene rings is 2. The third-order valence-electron chi connectivity index (χ3n) is 2.79. The number of primary amides is 1. The van der Waals surface area contributed by atoms with Gasteiger partial charge in [-0.3, -0.25) is 9.59 Å². The van der Waals surface area contributed by atoms with Crippen LogP contribution in [-0.4, -0.2) is 16.8 Å². The number of hydrogen-bond acceptors (Lipinski definition) is 3. The Morgan fingerprint density at radius 1 is 1.00 bits per heavy atom. The molecule has 0 aliphatic heterocycles. The molecular weight excluding hydrogens is 254 g/mol. The van der Waals surface area contributed by atoms with Crippen molar-refractivity contribution in [3.8, 4) is 5.75 Å². The lowest BCUT2D eigenvalue weighted by Crippen LogP contribution is -2.10. The van der Waals surface area contributed by atoms with E-state index in [0.717, 1.165) is 5.56 Å². The number of allylic oxidation sites excluding steroid dienone is 1. The van der Waals surface area contributed by atoms with Crippen LogP contribution in [0.5, 0.6) is 5.75 Å². The molecule has 0 atom stereocenters. The molecule has 0 heterocycles. The van der Waals surface area contributed by atoms with Gasteiger partial charge in [-0.1, -0.05) is 30.3 Å². The highest BCUT2D eigenvalue weighted by Crippen LogP contribution is 2.17. The van der Waals surface area contributed by atoms with Gasteiger partial charge in [0.25, 0.3) is 0 Å². The van der Waals surface area contributed by atoms with Crippen LogP contribution in [-0.2, 0) is 0 Å². The summed E-state index contributed by atoms with van der Waals surface area (Å²) in [5, 5.41) is 9.57. The molecular formula is C16H13NO3. The third-order valence-corrected chi connectivity index (χ3v) is 2.79. The van der Waals surface area contributed by atoms with Gasteiger partial charge in [-0.05, 0) is 35.9 Å². The molecule has 2 rings (SSSR count). The highest BCUT2D eigenvalue weighted by molar-refractivity contribution is 6.08. The molecule has 20 heavy (non-hydrogen) atoms. The maximum atomic E-state index is 11.9. The summed E-state index contributed by atoms with van der Waals surface area (Å²) in [5.41, 5.74) is 6.56. The number of aromatic hydroxyl groups is 1. The summed E-state index contributed by atoms with van der Waals surface area (Å²) < 4.78 is 0. The summed E-state index contributed by atoms with van der Waals surface area (Å²) in [6.45, 7) is 0. The van der Waals surface area contributed by atoms with E-state index in [2.05, 4.69) is 0 Å². The number of phenolic OH excluding ortho intramolecular Hbond substituents is 1. The lowest BCUT2D eigenvalue weighted by molar-refractivity contribution is 0.0998. The average molecular weight is 267 g/mol. The van der Waals surface area contributed by atoms with E-state index in [1.165, 1.54) is 12.1 Å². The predicted molar refractivity (Wildman–Crippen MR) is 76.4 cm³/mol. The van der Waals surface area contributed by atoms with Crippen LogP contribution >= 0.6 is 0 Å². The maximum absolute atomic E-state index is 11.9. The first-order chi connectivity index (χ1) is 9.58. The number of amides is 1. The van der Waals surface area contributed by atoms with E-state index >= 15 is 0 Å². The van der Waals surface area contributed by atoms with Gasteiger partial charge in [0, 0.05) is 5.56 Å². The zero-order valence-electron chi connectivity index (χ0n) is 10.6. The van der Waals surface area contributed by atoms with Crippen molar-refractivity contribution < 1.29 is 14.7 Å². The molecule has 0 aromatic heterocycles. The number of rotatable bonds is 4. The predicted octanol–water partition coefficient (Wildman–Crippen LogP) is 2.39. The fraction of sp³-hybridized carbons (Fsp3) is 0. The smallest absolute Gasteiger partial charge is 0.248 e. The Hall–Kier alpha value is -2.88. The number of phenols is 1.